The first-order chi connectivity index (χ1) is 13.9. The van der Waals surface area contributed by atoms with Gasteiger partial charge >= 0.3 is 12.1 Å². The summed E-state index contributed by atoms with van der Waals surface area (Å²) in [7, 11) is 1.25. The molecule has 0 aromatic heterocycles. The highest BCUT2D eigenvalue weighted by Gasteiger charge is 2.43. The molecule has 1 heterocycles. The van der Waals surface area contributed by atoms with Crippen LogP contribution in [-0.4, -0.2) is 65.4 Å². The molecular weight excluding hydrogens is 388 g/mol. The van der Waals surface area contributed by atoms with Crippen molar-refractivity contribution in [2.24, 2.45) is 11.8 Å². The van der Waals surface area contributed by atoms with E-state index in [9.17, 15) is 19.5 Å². The molecule has 172 valence electrons. The molecule has 5 atom stereocenters. The van der Waals surface area contributed by atoms with Crippen LogP contribution >= 0.6 is 0 Å². The van der Waals surface area contributed by atoms with Crippen LogP contribution < -0.4 is 5.32 Å². The number of esters is 1. The van der Waals surface area contributed by atoms with Gasteiger partial charge in [-0.1, -0.05) is 19.9 Å². The van der Waals surface area contributed by atoms with E-state index in [2.05, 4.69) is 18.8 Å². The maximum absolute atomic E-state index is 13.4. The Morgan fingerprint density at radius 2 is 1.93 bits per heavy atom. The third-order valence-electron chi connectivity index (χ3n) is 5.18. The van der Waals surface area contributed by atoms with E-state index in [0.717, 1.165) is 12.8 Å². The van der Waals surface area contributed by atoms with Crippen LogP contribution in [0.1, 0.15) is 60.3 Å². The molecule has 0 radical (unpaired) electrons. The number of nitrogens with one attached hydrogen (secondary N) is 1. The molecule has 1 aliphatic rings. The Morgan fingerprint density at radius 3 is 2.47 bits per heavy atom. The van der Waals surface area contributed by atoms with Crippen molar-refractivity contribution in [2.45, 2.75) is 84.1 Å². The lowest BCUT2D eigenvalue weighted by atomic mass is 9.88. The van der Waals surface area contributed by atoms with Crippen molar-refractivity contribution in [3.05, 3.63) is 12.7 Å². The maximum Gasteiger partial charge on any atom is 0.408 e. The molecule has 0 bridgehead atoms. The van der Waals surface area contributed by atoms with E-state index >= 15 is 0 Å². The van der Waals surface area contributed by atoms with Gasteiger partial charge in [-0.15, -0.1) is 6.58 Å². The number of carbonyl (C=O) groups is 3. The first-order valence-corrected chi connectivity index (χ1v) is 10.6. The maximum atomic E-state index is 13.4. The fourth-order valence-electron chi connectivity index (χ4n) is 3.77. The number of hydrogen-bond acceptors (Lipinski definition) is 6. The van der Waals surface area contributed by atoms with E-state index in [1.165, 1.54) is 12.0 Å². The van der Waals surface area contributed by atoms with Gasteiger partial charge < -0.3 is 24.8 Å². The van der Waals surface area contributed by atoms with Crippen LogP contribution in [0.25, 0.3) is 0 Å². The number of β-amino-alcohol motifs (C(OH)–C–C–N with tert-alkyl or cyclic N) is 1. The molecule has 0 spiro atoms. The first-order valence-electron chi connectivity index (χ1n) is 10.6. The molecule has 4 unspecified atom stereocenters. The molecule has 0 aromatic rings. The summed E-state index contributed by atoms with van der Waals surface area (Å²) in [5.74, 6) is -0.894. The Hall–Kier alpha value is -2.09. The molecule has 1 fully saturated rings. The average molecular weight is 427 g/mol. The van der Waals surface area contributed by atoms with E-state index < -0.39 is 41.8 Å². The summed E-state index contributed by atoms with van der Waals surface area (Å²) in [6, 6.07) is -1.76. The van der Waals surface area contributed by atoms with Gasteiger partial charge in [0.2, 0.25) is 5.91 Å². The summed E-state index contributed by atoms with van der Waals surface area (Å²) < 4.78 is 10.1. The fraction of sp³-hybridized carbons (Fsp3) is 0.773. The number of likely N-dealkylation sites (tertiary alicyclic amines) is 1. The second-order valence-corrected chi connectivity index (χ2v) is 9.23. The predicted octanol–water partition coefficient (Wildman–Crippen LogP) is 2.64. The fourth-order valence-corrected chi connectivity index (χ4v) is 3.77. The average Bonchev–Trinajstić information content (AvgIpc) is 3.03. The molecule has 2 N–H and O–H groups in total. The normalized spacial score (nSPS) is 22.0. The zero-order valence-electron chi connectivity index (χ0n) is 19.1. The highest BCUT2D eigenvalue weighted by atomic mass is 16.6. The van der Waals surface area contributed by atoms with E-state index in [1.54, 1.807) is 20.8 Å². The summed E-state index contributed by atoms with van der Waals surface area (Å²) in [5.41, 5.74) is -0.712. The number of ether oxygens (including phenoxy) is 2. The monoisotopic (exact) mass is 426 g/mol. The molecule has 1 aliphatic heterocycles. The number of rotatable bonds is 9. The Kier molecular flexibility index (Phi) is 9.81. The molecule has 0 aliphatic carbocycles. The molecule has 8 nitrogen and oxygen atoms in total. The number of aliphatic hydroxyl groups is 1. The second kappa shape index (κ2) is 11.3. The van der Waals surface area contributed by atoms with Gasteiger partial charge in [0, 0.05) is 13.0 Å². The number of hydrogen-bond donors (Lipinski definition) is 2. The van der Waals surface area contributed by atoms with Gasteiger partial charge in [0.15, 0.2) is 0 Å². The molecule has 30 heavy (non-hydrogen) atoms. The zero-order chi connectivity index (χ0) is 23.1. The van der Waals surface area contributed by atoms with E-state index in [-0.39, 0.29) is 18.9 Å². The lowest BCUT2D eigenvalue weighted by molar-refractivity contribution is -0.152. The molecular formula is C22H38N2O6. The number of methoxy groups -OCH3 is 1. The Balaban J connectivity index is 3.05. The number of allylic oxidation sites excluding steroid dienone is 1. The van der Waals surface area contributed by atoms with Crippen molar-refractivity contribution in [2.75, 3.05) is 13.7 Å². The van der Waals surface area contributed by atoms with Crippen LogP contribution in [0.2, 0.25) is 0 Å². The predicted molar refractivity (Wildman–Crippen MR) is 114 cm³/mol. The van der Waals surface area contributed by atoms with Crippen LogP contribution in [0.3, 0.4) is 0 Å². The van der Waals surface area contributed by atoms with Gasteiger partial charge in [-0.2, -0.15) is 0 Å². The first kappa shape index (κ1) is 25.9. The van der Waals surface area contributed by atoms with Crippen LogP contribution in [0.4, 0.5) is 4.79 Å². The Labute approximate surface area is 180 Å². The third-order valence-corrected chi connectivity index (χ3v) is 5.18. The van der Waals surface area contributed by atoms with Gasteiger partial charge in [0.05, 0.1) is 13.2 Å². The van der Waals surface area contributed by atoms with Crippen LogP contribution in [0, 0.1) is 11.8 Å². The van der Waals surface area contributed by atoms with Crippen molar-refractivity contribution in [3.8, 4) is 0 Å². The SMILES string of the molecule is C=CCCC(C)C[C@@H](C)C(NC(=O)OC(C)(C)C)C(=O)N1CC(O)CC1C(=O)OC. The molecule has 1 rings (SSSR count). The number of aliphatic hydroxyl groups excluding tert-OH is 1. The quantitative estimate of drug-likeness (QED) is 0.434. The highest BCUT2D eigenvalue weighted by molar-refractivity contribution is 5.90. The molecule has 8 heteroatoms. The third kappa shape index (κ3) is 7.97. The van der Waals surface area contributed by atoms with Crippen molar-refractivity contribution in [1.29, 1.82) is 0 Å². The largest absolute Gasteiger partial charge is 0.467 e. The van der Waals surface area contributed by atoms with Gasteiger partial charge in [-0.25, -0.2) is 9.59 Å². The summed E-state index contributed by atoms with van der Waals surface area (Å²) >= 11 is 0. The Bertz CT molecular complexity index is 615. The smallest absolute Gasteiger partial charge is 0.408 e. The lowest BCUT2D eigenvalue weighted by Crippen LogP contribution is -2.55. The van der Waals surface area contributed by atoms with Gasteiger partial charge in [-0.05, 0) is 51.9 Å². The molecule has 0 saturated carbocycles. The second-order valence-electron chi connectivity index (χ2n) is 9.23. The van der Waals surface area contributed by atoms with E-state index in [1.807, 2.05) is 13.0 Å². The summed E-state index contributed by atoms with van der Waals surface area (Å²) in [6.45, 7) is 13.0. The number of carbonyl (C=O) groups excluding carboxylic acids is 3. The van der Waals surface area contributed by atoms with E-state index in [0.29, 0.717) is 12.3 Å². The van der Waals surface area contributed by atoms with Gasteiger partial charge in [0.25, 0.3) is 0 Å². The van der Waals surface area contributed by atoms with Gasteiger partial charge in [0.1, 0.15) is 17.7 Å². The number of nitrogens with zero attached hydrogens (tertiary/aromatic N) is 1. The topological polar surface area (TPSA) is 105 Å². The van der Waals surface area contributed by atoms with Crippen molar-refractivity contribution in [3.63, 3.8) is 0 Å². The minimum absolute atomic E-state index is 0.0177. The van der Waals surface area contributed by atoms with Crippen molar-refractivity contribution < 1.29 is 29.0 Å². The Morgan fingerprint density at radius 1 is 1.30 bits per heavy atom. The van der Waals surface area contributed by atoms with Crippen LogP contribution in [0.15, 0.2) is 12.7 Å². The zero-order valence-corrected chi connectivity index (χ0v) is 19.1. The lowest BCUT2D eigenvalue weighted by Gasteiger charge is -2.32. The van der Waals surface area contributed by atoms with Crippen molar-refractivity contribution >= 4 is 18.0 Å². The summed E-state index contributed by atoms with van der Waals surface area (Å²) in [5, 5.41) is 12.7. The number of amides is 2. The summed E-state index contributed by atoms with van der Waals surface area (Å²) in [6.07, 6.45) is 2.95. The number of alkyl carbamates (subject to hydrolysis) is 1. The minimum atomic E-state index is -0.886. The molecule has 0 aromatic carbocycles. The van der Waals surface area contributed by atoms with Crippen LogP contribution in [-0.2, 0) is 19.1 Å². The van der Waals surface area contributed by atoms with E-state index in [4.69, 9.17) is 9.47 Å². The molecule has 2 amide bonds. The standard InChI is InChI=1S/C22H38N2O6/c1-8-9-10-14(2)11-15(3)18(23-21(28)30-22(4,5)6)19(26)24-13-16(25)12-17(24)20(27)29-7/h8,14-18,25H,1,9-13H2,2-7H3,(H,23,28)/t14?,15-,16?,17?,18?/m1/s1. The summed E-state index contributed by atoms with van der Waals surface area (Å²) in [4.78, 5) is 39.2. The van der Waals surface area contributed by atoms with Crippen molar-refractivity contribution in [1.82, 2.24) is 10.2 Å². The minimum Gasteiger partial charge on any atom is -0.467 e. The van der Waals surface area contributed by atoms with Crippen LogP contribution in [0.5, 0.6) is 0 Å². The van der Waals surface area contributed by atoms with Gasteiger partial charge in [-0.3, -0.25) is 4.79 Å². The molecule has 1 saturated heterocycles. The highest BCUT2D eigenvalue weighted by Crippen LogP contribution is 2.25.